The first-order valence-corrected chi connectivity index (χ1v) is 7.27. The summed E-state index contributed by atoms with van der Waals surface area (Å²) in [7, 11) is 1.70. The summed E-state index contributed by atoms with van der Waals surface area (Å²) in [4.78, 5) is 13.5. The first kappa shape index (κ1) is 17.2. The number of aromatic nitrogens is 3. The first-order valence-electron chi connectivity index (χ1n) is 7.27. The molecule has 0 saturated carbocycles. The summed E-state index contributed by atoms with van der Waals surface area (Å²) in [6.45, 7) is 3.92. The van der Waals surface area contributed by atoms with Crippen LogP contribution in [-0.4, -0.2) is 44.6 Å². The monoisotopic (exact) mass is 328 g/mol. The molecule has 0 saturated heterocycles. The third kappa shape index (κ3) is 3.80. The largest absolute Gasteiger partial charge is 0.406 e. The van der Waals surface area contributed by atoms with Crippen LogP contribution >= 0.6 is 0 Å². The number of alkyl halides is 3. The van der Waals surface area contributed by atoms with E-state index in [-0.39, 0.29) is 11.5 Å². The van der Waals surface area contributed by atoms with E-state index in [4.69, 9.17) is 0 Å². The number of carbonyl (C=O) groups excluding carboxylic acids is 1. The molecule has 2 rings (SSSR count). The highest BCUT2D eigenvalue weighted by Crippen LogP contribution is 2.23. The van der Waals surface area contributed by atoms with Crippen molar-refractivity contribution in [2.24, 2.45) is 13.0 Å². The molecule has 1 unspecified atom stereocenters. The van der Waals surface area contributed by atoms with Crippen molar-refractivity contribution >= 4 is 16.9 Å². The zero-order valence-electron chi connectivity index (χ0n) is 13.4. The number of fused-ring (bicyclic) bond motifs is 1. The van der Waals surface area contributed by atoms with Crippen LogP contribution < -0.4 is 0 Å². The van der Waals surface area contributed by atoms with Crippen LogP contribution in [0.1, 0.15) is 31.1 Å². The van der Waals surface area contributed by atoms with Crippen molar-refractivity contribution < 1.29 is 18.0 Å². The molecular formula is C15H19F3N4O. The second-order valence-corrected chi connectivity index (χ2v) is 5.95. The molecule has 0 spiro atoms. The molecule has 8 heteroatoms. The molecule has 2 aromatic rings. The van der Waals surface area contributed by atoms with E-state index in [0.717, 1.165) is 4.90 Å². The second-order valence-electron chi connectivity index (χ2n) is 5.95. The van der Waals surface area contributed by atoms with Gasteiger partial charge in [0.25, 0.3) is 5.91 Å². The standard InChI is InChI=1S/C15H19F3N4O/c1-9(2)10(3)22(8-15(16,17)18)14(23)11-5-6-13-12(7-11)19-20-21(13)4/h5-7,9-10H,8H2,1-4H3. The van der Waals surface area contributed by atoms with Gasteiger partial charge >= 0.3 is 6.18 Å². The molecule has 126 valence electrons. The molecular weight excluding hydrogens is 309 g/mol. The Morgan fingerprint density at radius 2 is 1.96 bits per heavy atom. The Labute approximate surface area is 132 Å². The average Bonchev–Trinajstić information content (AvgIpc) is 2.83. The molecule has 0 bridgehead atoms. The van der Waals surface area contributed by atoms with Crippen LogP contribution in [-0.2, 0) is 7.05 Å². The van der Waals surface area contributed by atoms with E-state index in [1.165, 1.54) is 16.8 Å². The van der Waals surface area contributed by atoms with Gasteiger partial charge in [0.15, 0.2) is 0 Å². The van der Waals surface area contributed by atoms with Crippen LogP contribution in [0.2, 0.25) is 0 Å². The van der Waals surface area contributed by atoms with Crippen LogP contribution in [0.3, 0.4) is 0 Å². The highest BCUT2D eigenvalue weighted by molar-refractivity contribution is 5.97. The summed E-state index contributed by atoms with van der Waals surface area (Å²) in [5.74, 6) is -0.752. The van der Waals surface area contributed by atoms with Crippen LogP contribution in [0.15, 0.2) is 18.2 Å². The van der Waals surface area contributed by atoms with E-state index in [9.17, 15) is 18.0 Å². The Kier molecular flexibility index (Phi) is 4.63. The molecule has 0 N–H and O–H groups in total. The van der Waals surface area contributed by atoms with Crippen molar-refractivity contribution in [1.82, 2.24) is 19.9 Å². The van der Waals surface area contributed by atoms with Crippen molar-refractivity contribution in [2.45, 2.75) is 33.0 Å². The Balaban J connectivity index is 2.37. The third-order valence-electron chi connectivity index (χ3n) is 3.92. The molecule has 1 aromatic carbocycles. The minimum atomic E-state index is -4.45. The van der Waals surface area contributed by atoms with Gasteiger partial charge in [0.2, 0.25) is 0 Å². The van der Waals surface area contributed by atoms with E-state index < -0.39 is 24.7 Å². The van der Waals surface area contributed by atoms with Crippen LogP contribution in [0.25, 0.3) is 11.0 Å². The van der Waals surface area contributed by atoms with E-state index in [1.54, 1.807) is 33.9 Å². The lowest BCUT2D eigenvalue weighted by Crippen LogP contribution is -2.46. The van der Waals surface area contributed by atoms with Gasteiger partial charge in [-0.2, -0.15) is 13.2 Å². The summed E-state index contributed by atoms with van der Waals surface area (Å²) < 4.78 is 40.1. The van der Waals surface area contributed by atoms with E-state index >= 15 is 0 Å². The summed E-state index contributed by atoms with van der Waals surface area (Å²) in [5, 5.41) is 7.72. The van der Waals surface area contributed by atoms with Gasteiger partial charge in [-0.05, 0) is 31.0 Å². The van der Waals surface area contributed by atoms with Gasteiger partial charge in [-0.1, -0.05) is 19.1 Å². The van der Waals surface area contributed by atoms with Gasteiger partial charge < -0.3 is 4.90 Å². The molecule has 1 heterocycles. The molecule has 0 aliphatic heterocycles. The Hall–Kier alpha value is -2.12. The predicted octanol–water partition coefficient (Wildman–Crippen LogP) is 3.02. The first-order chi connectivity index (χ1) is 10.6. The maximum Gasteiger partial charge on any atom is 0.406 e. The minimum absolute atomic E-state index is 0.0958. The minimum Gasteiger partial charge on any atom is -0.327 e. The number of hydrogen-bond acceptors (Lipinski definition) is 3. The van der Waals surface area contributed by atoms with Crippen LogP contribution in [0.5, 0.6) is 0 Å². The molecule has 0 aliphatic rings. The Morgan fingerprint density at radius 3 is 2.52 bits per heavy atom. The maximum absolute atomic E-state index is 12.8. The summed E-state index contributed by atoms with van der Waals surface area (Å²) in [5.41, 5.74) is 1.36. The zero-order chi connectivity index (χ0) is 17.4. The fourth-order valence-electron chi connectivity index (χ4n) is 2.29. The van der Waals surface area contributed by atoms with Crippen molar-refractivity contribution in [1.29, 1.82) is 0 Å². The number of hydrogen-bond donors (Lipinski definition) is 0. The number of aryl methyl sites for hydroxylation is 1. The smallest absolute Gasteiger partial charge is 0.327 e. The van der Waals surface area contributed by atoms with Crippen LogP contribution in [0, 0.1) is 5.92 Å². The van der Waals surface area contributed by atoms with E-state index in [2.05, 4.69) is 10.3 Å². The number of carbonyl (C=O) groups is 1. The van der Waals surface area contributed by atoms with Crippen molar-refractivity contribution in [3.8, 4) is 0 Å². The van der Waals surface area contributed by atoms with Crippen LogP contribution in [0.4, 0.5) is 13.2 Å². The maximum atomic E-state index is 12.8. The average molecular weight is 328 g/mol. The quantitative estimate of drug-likeness (QED) is 0.867. The SMILES string of the molecule is CC(C)C(C)N(CC(F)(F)F)C(=O)c1ccc2c(c1)nnn2C. The van der Waals surface area contributed by atoms with Gasteiger partial charge in [0.1, 0.15) is 12.1 Å². The lowest BCUT2D eigenvalue weighted by Gasteiger charge is -2.32. The van der Waals surface area contributed by atoms with Crippen molar-refractivity contribution in [3.63, 3.8) is 0 Å². The molecule has 1 aromatic heterocycles. The molecule has 1 amide bonds. The summed E-state index contributed by atoms with van der Waals surface area (Å²) in [6, 6.07) is 4.07. The number of halogens is 3. The van der Waals surface area contributed by atoms with E-state index in [0.29, 0.717) is 11.0 Å². The summed E-state index contributed by atoms with van der Waals surface area (Å²) >= 11 is 0. The second kappa shape index (κ2) is 6.17. The lowest BCUT2D eigenvalue weighted by atomic mass is 10.0. The molecule has 23 heavy (non-hydrogen) atoms. The van der Waals surface area contributed by atoms with Crippen molar-refractivity contribution in [2.75, 3.05) is 6.54 Å². The third-order valence-corrected chi connectivity index (χ3v) is 3.92. The summed E-state index contributed by atoms with van der Waals surface area (Å²) in [6.07, 6.45) is -4.45. The zero-order valence-corrected chi connectivity index (χ0v) is 13.4. The predicted molar refractivity (Wildman–Crippen MR) is 79.9 cm³/mol. The molecule has 5 nitrogen and oxygen atoms in total. The van der Waals surface area contributed by atoms with Gasteiger partial charge in [-0.25, -0.2) is 4.68 Å². The molecule has 0 fully saturated rings. The fraction of sp³-hybridized carbons (Fsp3) is 0.533. The number of nitrogens with zero attached hydrogens (tertiary/aromatic N) is 4. The highest BCUT2D eigenvalue weighted by atomic mass is 19.4. The van der Waals surface area contributed by atoms with Crippen molar-refractivity contribution in [3.05, 3.63) is 23.8 Å². The Morgan fingerprint density at radius 1 is 1.30 bits per heavy atom. The van der Waals surface area contributed by atoms with Gasteiger partial charge in [0, 0.05) is 18.7 Å². The number of benzene rings is 1. The number of rotatable bonds is 4. The lowest BCUT2D eigenvalue weighted by molar-refractivity contribution is -0.145. The van der Waals surface area contributed by atoms with Gasteiger partial charge in [0.05, 0.1) is 5.52 Å². The van der Waals surface area contributed by atoms with Gasteiger partial charge in [-0.3, -0.25) is 4.79 Å². The fourth-order valence-corrected chi connectivity index (χ4v) is 2.29. The molecule has 1 atom stereocenters. The van der Waals surface area contributed by atoms with Gasteiger partial charge in [-0.15, -0.1) is 5.10 Å². The van der Waals surface area contributed by atoms with E-state index in [1.807, 2.05) is 0 Å². The number of amides is 1. The molecule has 0 aliphatic carbocycles. The Bertz CT molecular complexity index is 708. The normalized spacial score (nSPS) is 13.6. The molecule has 0 radical (unpaired) electrons. The highest BCUT2D eigenvalue weighted by Gasteiger charge is 2.36. The topological polar surface area (TPSA) is 51.0 Å².